The number of anilines is 6. The number of para-hydroxylation sites is 2. The highest BCUT2D eigenvalue weighted by Crippen LogP contribution is 2.36. The van der Waals surface area contributed by atoms with Crippen LogP contribution in [0.2, 0.25) is 0 Å². The fourth-order valence-electron chi connectivity index (χ4n) is 6.60. The third-order valence-corrected chi connectivity index (χ3v) is 8.90. The number of hydrogen-bond acceptors (Lipinski definition) is 13. The summed E-state index contributed by atoms with van der Waals surface area (Å²) in [7, 11) is 0. The minimum absolute atomic E-state index is 0.0103. The van der Waals surface area contributed by atoms with Crippen molar-refractivity contribution >= 4 is 35.2 Å². The molecular formula is C33H44N12O. The number of nitrogens with two attached hydrogens (primary N) is 2. The van der Waals surface area contributed by atoms with Crippen LogP contribution in [0, 0.1) is 13.8 Å². The summed E-state index contributed by atoms with van der Waals surface area (Å²) in [6.45, 7) is 9.03. The van der Waals surface area contributed by atoms with Gasteiger partial charge in [-0.25, -0.2) is 0 Å². The van der Waals surface area contributed by atoms with E-state index >= 15 is 0 Å². The number of benzene rings is 2. The Balaban J connectivity index is 1.31. The van der Waals surface area contributed by atoms with Gasteiger partial charge in [-0.05, 0) is 49.9 Å². The summed E-state index contributed by atoms with van der Waals surface area (Å²) in [6.07, 6.45) is 5.86. The summed E-state index contributed by atoms with van der Waals surface area (Å²) in [5, 5.41) is 6.64. The molecule has 3 heterocycles. The molecule has 13 nitrogen and oxygen atoms in total. The number of rotatable bonds is 11. The molecule has 1 aliphatic heterocycles. The Morgan fingerprint density at radius 1 is 0.717 bits per heavy atom. The fraction of sp³-hybridized carbons (Fsp3) is 0.455. The second-order valence-corrected chi connectivity index (χ2v) is 12.3. The third kappa shape index (κ3) is 7.84. The lowest BCUT2D eigenvalue weighted by Crippen LogP contribution is -2.59. The van der Waals surface area contributed by atoms with E-state index in [-0.39, 0.29) is 17.4 Å². The smallest absolute Gasteiger partial charge is 0.232 e. The quantitative estimate of drug-likeness (QED) is 0.186. The highest BCUT2D eigenvalue weighted by atomic mass is 16.5. The van der Waals surface area contributed by atoms with Crippen LogP contribution >= 0.6 is 0 Å². The first-order valence-electron chi connectivity index (χ1n) is 16.1. The summed E-state index contributed by atoms with van der Waals surface area (Å²) in [5.41, 5.74) is 16.4. The molecule has 0 radical (unpaired) electrons. The average Bonchev–Trinajstić information content (AvgIpc) is 3.04. The van der Waals surface area contributed by atoms with Crippen molar-refractivity contribution < 1.29 is 4.74 Å². The van der Waals surface area contributed by atoms with Crippen molar-refractivity contribution in [1.82, 2.24) is 39.7 Å². The lowest BCUT2D eigenvalue weighted by molar-refractivity contribution is -0.0533. The second-order valence-electron chi connectivity index (χ2n) is 12.3. The Hall–Kier alpha value is -4.46. The Kier molecular flexibility index (Phi) is 9.81. The fourth-order valence-corrected chi connectivity index (χ4v) is 6.60. The van der Waals surface area contributed by atoms with Gasteiger partial charge in [0, 0.05) is 36.5 Å². The molecule has 1 saturated carbocycles. The number of aromatic nitrogens is 6. The zero-order valence-corrected chi connectivity index (χ0v) is 26.7. The molecule has 2 fully saturated rings. The van der Waals surface area contributed by atoms with Crippen LogP contribution in [0.5, 0.6) is 0 Å². The van der Waals surface area contributed by atoms with Gasteiger partial charge in [-0.3, -0.25) is 9.80 Å². The maximum absolute atomic E-state index is 6.23. The van der Waals surface area contributed by atoms with Gasteiger partial charge in [0.15, 0.2) is 0 Å². The van der Waals surface area contributed by atoms with Crippen molar-refractivity contribution in [3.63, 3.8) is 0 Å². The van der Waals surface area contributed by atoms with Crippen molar-refractivity contribution in [3.8, 4) is 0 Å². The molecular weight excluding hydrogens is 580 g/mol. The summed E-state index contributed by atoms with van der Waals surface area (Å²) in [6, 6.07) is 16.0. The average molecular weight is 625 g/mol. The molecule has 0 bridgehead atoms. The van der Waals surface area contributed by atoms with Crippen LogP contribution in [-0.2, 0) is 17.8 Å². The van der Waals surface area contributed by atoms with Gasteiger partial charge in [0.1, 0.15) is 11.6 Å². The van der Waals surface area contributed by atoms with Crippen LogP contribution in [0.4, 0.5) is 35.2 Å². The van der Waals surface area contributed by atoms with Gasteiger partial charge in [-0.1, -0.05) is 55.7 Å². The van der Waals surface area contributed by atoms with Crippen molar-refractivity contribution in [1.29, 1.82) is 0 Å². The molecule has 1 saturated heterocycles. The van der Waals surface area contributed by atoms with E-state index in [1.54, 1.807) is 0 Å². The van der Waals surface area contributed by atoms with E-state index in [4.69, 9.17) is 26.2 Å². The number of morpholine rings is 1. The van der Waals surface area contributed by atoms with Crippen LogP contribution < -0.4 is 22.1 Å². The van der Waals surface area contributed by atoms with Crippen LogP contribution in [0.1, 0.15) is 54.9 Å². The van der Waals surface area contributed by atoms with E-state index in [0.29, 0.717) is 36.6 Å². The third-order valence-electron chi connectivity index (χ3n) is 8.90. The van der Waals surface area contributed by atoms with E-state index < -0.39 is 0 Å². The zero-order chi connectivity index (χ0) is 31.9. The summed E-state index contributed by atoms with van der Waals surface area (Å²) in [4.78, 5) is 32.4. The molecule has 46 heavy (non-hydrogen) atoms. The number of ether oxygens (including phenoxy) is 1. The predicted octanol–water partition coefficient (Wildman–Crippen LogP) is 4.36. The number of nitrogens with one attached hydrogen (secondary N) is 2. The van der Waals surface area contributed by atoms with Crippen molar-refractivity contribution in [2.45, 2.75) is 64.6 Å². The lowest BCUT2D eigenvalue weighted by atomic mass is 9.79. The van der Waals surface area contributed by atoms with E-state index in [9.17, 15) is 0 Å². The topological polar surface area (TPSA) is 169 Å². The normalized spacial score (nSPS) is 16.8. The number of aryl methyl sites for hydroxylation is 2. The lowest BCUT2D eigenvalue weighted by Gasteiger charge is -2.50. The van der Waals surface area contributed by atoms with E-state index in [1.807, 2.05) is 62.4 Å². The van der Waals surface area contributed by atoms with Crippen LogP contribution in [0.3, 0.4) is 0 Å². The van der Waals surface area contributed by atoms with E-state index in [2.05, 4.69) is 40.4 Å². The standard InChI is InChI=1S/C33H44N12O/c1-23-10-4-6-12-25(23)36-31-40-27(38-29(34)42-31)20-44(22-33(14-8-3-9-15-33)45-16-18-46-19-17-45)21-28-39-30(35)43-32(41-28)37-26-13-7-5-11-24(26)2/h4-7,10-13H,3,8-9,14-22H2,1-2H3,(H3,34,36,38,40,42)(H3,35,37,39,41,43). The highest BCUT2D eigenvalue weighted by Gasteiger charge is 2.40. The molecule has 13 heteroatoms. The van der Waals surface area contributed by atoms with Gasteiger partial charge >= 0.3 is 0 Å². The van der Waals surface area contributed by atoms with Crippen LogP contribution in [-0.4, -0.2) is 78.1 Å². The molecule has 6 N–H and O–H groups in total. The molecule has 2 aliphatic rings. The van der Waals surface area contributed by atoms with Crippen LogP contribution in [0.25, 0.3) is 0 Å². The van der Waals surface area contributed by atoms with Gasteiger partial charge in [0.25, 0.3) is 0 Å². The molecule has 1 aliphatic carbocycles. The summed E-state index contributed by atoms with van der Waals surface area (Å²) < 4.78 is 5.75. The Bertz CT molecular complexity index is 1520. The Morgan fingerprint density at radius 3 is 1.72 bits per heavy atom. The minimum atomic E-state index is -0.0103. The maximum atomic E-state index is 6.23. The first-order valence-corrected chi connectivity index (χ1v) is 16.1. The molecule has 0 unspecified atom stereocenters. The highest BCUT2D eigenvalue weighted by molar-refractivity contribution is 5.59. The van der Waals surface area contributed by atoms with Crippen molar-refractivity contribution in [3.05, 3.63) is 71.3 Å². The number of nitrogen functional groups attached to an aromatic ring is 2. The maximum Gasteiger partial charge on any atom is 0.232 e. The molecule has 2 aromatic carbocycles. The van der Waals surface area contributed by atoms with Gasteiger partial charge < -0.3 is 26.8 Å². The SMILES string of the molecule is Cc1ccccc1Nc1nc(N)nc(CN(Cc2nc(N)nc(Nc3ccccc3C)n2)CC2(N3CCOCC3)CCCCC2)n1. The van der Waals surface area contributed by atoms with Gasteiger partial charge in [0.2, 0.25) is 23.8 Å². The second kappa shape index (κ2) is 14.3. The van der Waals surface area contributed by atoms with E-state index in [1.165, 1.54) is 19.3 Å². The largest absolute Gasteiger partial charge is 0.379 e. The molecule has 2 aromatic heterocycles. The van der Waals surface area contributed by atoms with Crippen LogP contribution in [0.15, 0.2) is 48.5 Å². The monoisotopic (exact) mass is 624 g/mol. The summed E-state index contributed by atoms with van der Waals surface area (Å²) in [5.74, 6) is 2.28. The van der Waals surface area contributed by atoms with Crippen molar-refractivity contribution in [2.75, 3.05) is 54.9 Å². The van der Waals surface area contributed by atoms with Gasteiger partial charge in [-0.2, -0.15) is 29.9 Å². The minimum Gasteiger partial charge on any atom is -0.379 e. The molecule has 0 atom stereocenters. The molecule has 0 spiro atoms. The molecule has 242 valence electrons. The molecule has 6 rings (SSSR count). The zero-order valence-electron chi connectivity index (χ0n) is 26.7. The van der Waals surface area contributed by atoms with Gasteiger partial charge in [-0.15, -0.1) is 0 Å². The first-order chi connectivity index (χ1) is 22.3. The Morgan fingerprint density at radius 2 is 1.22 bits per heavy atom. The van der Waals surface area contributed by atoms with E-state index in [0.717, 1.165) is 68.2 Å². The number of nitrogens with zero attached hydrogens (tertiary/aromatic N) is 8. The van der Waals surface area contributed by atoms with Gasteiger partial charge in [0.05, 0.1) is 26.3 Å². The molecule has 0 amide bonds. The Labute approximate surface area is 270 Å². The number of hydrogen-bond donors (Lipinski definition) is 4. The first kappa shape index (κ1) is 31.5. The van der Waals surface area contributed by atoms with Crippen molar-refractivity contribution in [2.24, 2.45) is 0 Å². The summed E-state index contributed by atoms with van der Waals surface area (Å²) >= 11 is 0. The predicted molar refractivity (Wildman–Crippen MR) is 180 cm³/mol. The molecule has 4 aromatic rings.